The SMILES string of the molecule is O=C(CCN(Cc1cccc2ccccc12)C1CC1)Nc1ccc(Cc2ccncc2)cc1. The molecule has 3 aromatic carbocycles. The monoisotopic (exact) mass is 435 g/mol. The van der Waals surface area contributed by atoms with Crippen LogP contribution in [0.2, 0.25) is 0 Å². The van der Waals surface area contributed by atoms with E-state index in [1.807, 2.05) is 36.7 Å². The highest BCUT2D eigenvalue weighted by Gasteiger charge is 2.29. The third-order valence-corrected chi connectivity index (χ3v) is 6.34. The normalized spacial score (nSPS) is 13.4. The number of amides is 1. The van der Waals surface area contributed by atoms with E-state index < -0.39 is 0 Å². The third-order valence-electron chi connectivity index (χ3n) is 6.34. The van der Waals surface area contributed by atoms with Crippen molar-refractivity contribution in [3.63, 3.8) is 0 Å². The van der Waals surface area contributed by atoms with Gasteiger partial charge in [0.05, 0.1) is 0 Å². The lowest BCUT2D eigenvalue weighted by Crippen LogP contribution is -2.29. The zero-order chi connectivity index (χ0) is 22.5. The minimum atomic E-state index is 0.0699. The molecule has 0 saturated heterocycles. The van der Waals surface area contributed by atoms with Crippen LogP contribution in [-0.2, 0) is 17.8 Å². The summed E-state index contributed by atoms with van der Waals surface area (Å²) in [5.41, 5.74) is 4.64. The first kappa shape index (κ1) is 21.4. The number of carbonyl (C=O) groups is 1. The lowest BCUT2D eigenvalue weighted by atomic mass is 10.0. The Morgan fingerprint density at radius 2 is 1.61 bits per heavy atom. The van der Waals surface area contributed by atoms with Crippen LogP contribution in [0.1, 0.15) is 36.0 Å². The lowest BCUT2D eigenvalue weighted by Gasteiger charge is -2.22. The fourth-order valence-electron chi connectivity index (χ4n) is 4.39. The summed E-state index contributed by atoms with van der Waals surface area (Å²) in [6.45, 7) is 1.67. The summed E-state index contributed by atoms with van der Waals surface area (Å²) < 4.78 is 0. The van der Waals surface area contributed by atoms with Crippen LogP contribution < -0.4 is 5.32 Å². The van der Waals surface area contributed by atoms with Gasteiger partial charge in [-0.15, -0.1) is 0 Å². The second-order valence-electron chi connectivity index (χ2n) is 8.87. The van der Waals surface area contributed by atoms with Crippen molar-refractivity contribution in [1.82, 2.24) is 9.88 Å². The van der Waals surface area contributed by atoms with Gasteiger partial charge in [-0.25, -0.2) is 0 Å². The molecule has 1 N–H and O–H groups in total. The minimum Gasteiger partial charge on any atom is -0.326 e. The number of pyridine rings is 1. The lowest BCUT2D eigenvalue weighted by molar-refractivity contribution is -0.116. The van der Waals surface area contributed by atoms with Gasteiger partial charge in [0.1, 0.15) is 0 Å². The van der Waals surface area contributed by atoms with Gasteiger partial charge in [-0.2, -0.15) is 0 Å². The minimum absolute atomic E-state index is 0.0699. The molecule has 1 aliphatic carbocycles. The number of nitrogens with zero attached hydrogens (tertiary/aromatic N) is 2. The number of fused-ring (bicyclic) bond motifs is 1. The van der Waals surface area contributed by atoms with Gasteiger partial charge in [-0.3, -0.25) is 14.7 Å². The summed E-state index contributed by atoms with van der Waals surface area (Å²) >= 11 is 0. The summed E-state index contributed by atoms with van der Waals surface area (Å²) in [5.74, 6) is 0.0699. The van der Waals surface area contributed by atoms with Crippen molar-refractivity contribution in [3.8, 4) is 0 Å². The first-order chi connectivity index (χ1) is 16.2. The summed E-state index contributed by atoms with van der Waals surface area (Å²) in [4.78, 5) is 19.2. The number of carbonyl (C=O) groups excluding carboxylic acids is 1. The Kier molecular flexibility index (Phi) is 6.45. The average Bonchev–Trinajstić information content (AvgIpc) is 3.69. The first-order valence-corrected chi connectivity index (χ1v) is 11.7. The van der Waals surface area contributed by atoms with E-state index >= 15 is 0 Å². The number of aromatic nitrogens is 1. The van der Waals surface area contributed by atoms with Gasteiger partial charge in [-0.1, -0.05) is 54.6 Å². The number of nitrogens with one attached hydrogen (secondary N) is 1. The standard InChI is InChI=1S/C29H29N3O/c33-29(31-26-10-8-22(9-11-26)20-23-14-17-30-18-15-23)16-19-32(27-12-13-27)21-25-6-3-5-24-4-1-2-7-28(24)25/h1-11,14-15,17-18,27H,12-13,16,19-21H2,(H,31,33). The Labute approximate surface area is 195 Å². The molecule has 1 aromatic heterocycles. The Hall–Kier alpha value is -3.50. The molecule has 166 valence electrons. The van der Waals surface area contributed by atoms with E-state index in [1.165, 1.54) is 40.3 Å². The molecule has 0 atom stereocenters. The maximum absolute atomic E-state index is 12.7. The average molecular weight is 436 g/mol. The molecule has 0 unspecified atom stereocenters. The number of rotatable bonds is 9. The van der Waals surface area contributed by atoms with Gasteiger partial charge in [0.15, 0.2) is 0 Å². The summed E-state index contributed by atoms with van der Waals surface area (Å²) in [7, 11) is 0. The topological polar surface area (TPSA) is 45.2 Å². The van der Waals surface area contributed by atoms with Gasteiger partial charge in [-0.05, 0) is 71.0 Å². The molecule has 0 spiro atoms. The van der Waals surface area contributed by atoms with Crippen molar-refractivity contribution in [2.45, 2.75) is 38.3 Å². The number of hydrogen-bond donors (Lipinski definition) is 1. The molecular formula is C29H29N3O. The van der Waals surface area contributed by atoms with Crippen molar-refractivity contribution >= 4 is 22.4 Å². The van der Waals surface area contributed by atoms with E-state index in [9.17, 15) is 4.79 Å². The molecule has 1 saturated carbocycles. The van der Waals surface area contributed by atoms with Crippen LogP contribution in [0.5, 0.6) is 0 Å². The van der Waals surface area contributed by atoms with Gasteiger partial charge in [0.2, 0.25) is 5.91 Å². The van der Waals surface area contributed by atoms with Crippen molar-refractivity contribution in [2.24, 2.45) is 0 Å². The van der Waals surface area contributed by atoms with E-state index in [1.54, 1.807) is 0 Å². The highest BCUT2D eigenvalue weighted by Crippen LogP contribution is 2.30. The second-order valence-corrected chi connectivity index (χ2v) is 8.87. The number of benzene rings is 3. The van der Waals surface area contributed by atoms with E-state index in [0.717, 1.165) is 25.2 Å². The molecule has 0 aliphatic heterocycles. The Morgan fingerprint density at radius 1 is 0.879 bits per heavy atom. The van der Waals surface area contributed by atoms with Crippen LogP contribution in [0.15, 0.2) is 91.3 Å². The van der Waals surface area contributed by atoms with E-state index in [-0.39, 0.29) is 5.91 Å². The van der Waals surface area contributed by atoms with Crippen molar-refractivity contribution in [1.29, 1.82) is 0 Å². The summed E-state index contributed by atoms with van der Waals surface area (Å²) in [6.07, 6.45) is 7.45. The molecule has 4 aromatic rings. The van der Waals surface area contributed by atoms with Crippen molar-refractivity contribution < 1.29 is 4.79 Å². The third kappa shape index (κ3) is 5.65. The Morgan fingerprint density at radius 3 is 2.39 bits per heavy atom. The molecule has 4 nitrogen and oxygen atoms in total. The molecule has 1 aliphatic rings. The zero-order valence-electron chi connectivity index (χ0n) is 18.8. The van der Waals surface area contributed by atoms with Gasteiger partial charge >= 0.3 is 0 Å². The summed E-state index contributed by atoms with van der Waals surface area (Å²) in [6, 6.07) is 27.8. The maximum atomic E-state index is 12.7. The molecule has 33 heavy (non-hydrogen) atoms. The van der Waals surface area contributed by atoms with Crippen LogP contribution in [-0.4, -0.2) is 28.4 Å². The van der Waals surface area contributed by atoms with Crippen LogP contribution >= 0.6 is 0 Å². The highest BCUT2D eigenvalue weighted by molar-refractivity contribution is 5.90. The van der Waals surface area contributed by atoms with Crippen LogP contribution in [0.3, 0.4) is 0 Å². The van der Waals surface area contributed by atoms with Crippen LogP contribution in [0.25, 0.3) is 10.8 Å². The second kappa shape index (κ2) is 9.97. The quantitative estimate of drug-likeness (QED) is 0.360. The highest BCUT2D eigenvalue weighted by atomic mass is 16.1. The summed E-state index contributed by atoms with van der Waals surface area (Å²) in [5, 5.41) is 5.65. The van der Waals surface area contributed by atoms with Crippen LogP contribution in [0.4, 0.5) is 5.69 Å². The van der Waals surface area contributed by atoms with E-state index in [4.69, 9.17) is 0 Å². The van der Waals surface area contributed by atoms with Gasteiger partial charge < -0.3 is 5.32 Å². The number of hydrogen-bond acceptors (Lipinski definition) is 3. The molecule has 4 heteroatoms. The predicted octanol–water partition coefficient (Wildman–Crippen LogP) is 5.82. The molecule has 1 fully saturated rings. The Bertz CT molecular complexity index is 1210. The molecule has 1 heterocycles. The van der Waals surface area contributed by atoms with Gasteiger partial charge in [0, 0.05) is 43.6 Å². The molecule has 1 amide bonds. The maximum Gasteiger partial charge on any atom is 0.225 e. The molecular weight excluding hydrogens is 406 g/mol. The van der Waals surface area contributed by atoms with Crippen molar-refractivity contribution in [3.05, 3.63) is 108 Å². The Balaban J connectivity index is 1.16. The first-order valence-electron chi connectivity index (χ1n) is 11.7. The largest absolute Gasteiger partial charge is 0.326 e. The van der Waals surface area contributed by atoms with Gasteiger partial charge in [0.25, 0.3) is 0 Å². The van der Waals surface area contributed by atoms with E-state index in [0.29, 0.717) is 12.5 Å². The van der Waals surface area contributed by atoms with Crippen LogP contribution in [0, 0.1) is 0 Å². The molecule has 0 radical (unpaired) electrons. The zero-order valence-corrected chi connectivity index (χ0v) is 18.8. The molecule has 0 bridgehead atoms. The smallest absolute Gasteiger partial charge is 0.225 e. The predicted molar refractivity (Wildman–Crippen MR) is 134 cm³/mol. The fourth-order valence-corrected chi connectivity index (χ4v) is 4.39. The fraction of sp³-hybridized carbons (Fsp3) is 0.241. The van der Waals surface area contributed by atoms with Crippen molar-refractivity contribution in [2.75, 3.05) is 11.9 Å². The molecule has 5 rings (SSSR count). The number of anilines is 1. The van der Waals surface area contributed by atoms with E-state index in [2.05, 4.69) is 69.8 Å².